The summed E-state index contributed by atoms with van der Waals surface area (Å²) in [5.41, 5.74) is -1.81. The van der Waals surface area contributed by atoms with Gasteiger partial charge in [0, 0.05) is 36.8 Å². The molecule has 0 aromatic carbocycles. The average Bonchev–Trinajstić information content (AvgIpc) is 3.55. The summed E-state index contributed by atoms with van der Waals surface area (Å²) in [7, 11) is 0. The lowest BCUT2D eigenvalue weighted by Crippen LogP contribution is -2.71. The van der Waals surface area contributed by atoms with Gasteiger partial charge in [-0.1, -0.05) is 47.1 Å². The summed E-state index contributed by atoms with van der Waals surface area (Å²) in [6.45, 7) is 17.4. The zero-order chi connectivity index (χ0) is 55.9. The van der Waals surface area contributed by atoms with Gasteiger partial charge >= 0.3 is 17.9 Å². The number of carboxylic acid groups (broad SMARTS) is 3. The van der Waals surface area contributed by atoms with E-state index in [1.807, 2.05) is 26.8 Å². The van der Waals surface area contributed by atoms with Crippen molar-refractivity contribution in [2.75, 3.05) is 19.6 Å². The van der Waals surface area contributed by atoms with E-state index in [9.17, 15) is 70.0 Å². The average molecular weight is 1090 g/mol. The number of rotatable bonds is 7. The van der Waals surface area contributed by atoms with Crippen LogP contribution in [0.1, 0.15) is 151 Å². The number of fused-ring (bicyclic) bond motifs is 9. The van der Waals surface area contributed by atoms with E-state index in [1.54, 1.807) is 0 Å². The topological polar surface area (TPSA) is 310 Å². The van der Waals surface area contributed by atoms with Crippen molar-refractivity contribution < 1.29 is 88.4 Å². The highest BCUT2D eigenvalue weighted by Crippen LogP contribution is 2.75. The second kappa shape index (κ2) is 19.8. The number of aliphatic carboxylic acids is 3. The highest BCUT2D eigenvalue weighted by Gasteiger charge is 2.71. The number of piperidine rings is 4. The number of carbonyl (C=O) groups excluding carboxylic acids is 2. The lowest BCUT2D eigenvalue weighted by Gasteiger charge is -2.70. The van der Waals surface area contributed by atoms with Crippen molar-refractivity contribution in [3.63, 3.8) is 0 Å². The molecule has 1 amide bonds. The molecule has 0 unspecified atom stereocenters. The molecular weight excluding hydrogens is 1000 g/mol. The summed E-state index contributed by atoms with van der Waals surface area (Å²) in [4.78, 5) is 65.7. The highest BCUT2D eigenvalue weighted by molar-refractivity contribution is 5.95. The molecule has 11 aliphatic rings. The Morgan fingerprint density at radius 3 is 2.01 bits per heavy atom. The van der Waals surface area contributed by atoms with E-state index < -0.39 is 107 Å². The molecule has 0 bridgehead atoms. The second-order valence-electron chi connectivity index (χ2n) is 27.7. The Bertz CT molecular complexity index is 2380. The number of allylic oxidation sites excluding steroid dienone is 2. The largest absolute Gasteiger partial charge is 0.633 e. The van der Waals surface area contributed by atoms with Crippen LogP contribution in [0.3, 0.4) is 0 Å². The third-order valence-corrected chi connectivity index (χ3v) is 23.4. The predicted octanol–water partition coefficient (Wildman–Crippen LogP) is 4.13. The van der Waals surface area contributed by atoms with Crippen LogP contribution in [0.2, 0.25) is 0 Å². The van der Waals surface area contributed by atoms with Gasteiger partial charge in [0.25, 0.3) is 0 Å². The SMILES string of the molecule is CC1(C)[C@@H](O[C@H]2O[C@H](C(=O)O)[C@@H](O)[C@H](O)[C@H]2O[C@@H]2O[C@H](C(=O)O)[C@@H](O)[C@H](O)[C@H]2O)CC[C@]2(C)[C@H]3C(=O)C=C4[C@@H]5C[C@@](C)(C(=O)O)CC[C@]5(C)CC[C@@]4(C)[C@]3(C)CC[C@@H]12.O=C1CCC[C@@H]2[C@H]3CCC[N@+]4([O-])CCC[C@@H](CN12)[C@@H]34. The van der Waals surface area contributed by atoms with Gasteiger partial charge in [-0.15, -0.1) is 0 Å². The summed E-state index contributed by atoms with van der Waals surface area (Å²) in [6.07, 6.45) is -4.87. The van der Waals surface area contributed by atoms with E-state index in [4.69, 9.17) is 18.9 Å². The molecule has 0 spiro atoms. The van der Waals surface area contributed by atoms with E-state index in [0.717, 1.165) is 89.4 Å². The first kappa shape index (κ1) is 57.1. The summed E-state index contributed by atoms with van der Waals surface area (Å²) >= 11 is 0. The van der Waals surface area contributed by atoms with Gasteiger partial charge in [0.1, 0.15) is 36.6 Å². The Hall–Kier alpha value is -3.15. The molecule has 0 aromatic heterocycles. The van der Waals surface area contributed by atoms with Gasteiger partial charge in [0.05, 0.1) is 30.7 Å². The van der Waals surface area contributed by atoms with Crippen molar-refractivity contribution in [3.05, 3.63) is 16.9 Å². The smallest absolute Gasteiger partial charge is 0.335 e. The lowest BCUT2D eigenvalue weighted by atomic mass is 9.33. The van der Waals surface area contributed by atoms with Crippen LogP contribution in [-0.4, -0.2) is 179 Å². The van der Waals surface area contributed by atoms with Gasteiger partial charge in [-0.2, -0.15) is 0 Å². The fourth-order valence-corrected chi connectivity index (χ4v) is 18.9. The van der Waals surface area contributed by atoms with Gasteiger partial charge in [-0.3, -0.25) is 14.4 Å². The summed E-state index contributed by atoms with van der Waals surface area (Å²) in [6, 6.07) is 0.710. The van der Waals surface area contributed by atoms with Crippen LogP contribution in [-0.2, 0) is 42.9 Å². The Balaban J connectivity index is 0.000000293. The molecular formula is C57H86N2O18. The molecule has 10 fully saturated rings. The molecule has 0 radical (unpaired) electrons. The number of aliphatic hydroxyl groups is 5. The number of ether oxygens (including phenoxy) is 4. The van der Waals surface area contributed by atoms with Crippen molar-refractivity contribution in [2.45, 2.75) is 231 Å². The molecule has 6 saturated heterocycles. The number of hydrogen-bond donors (Lipinski definition) is 8. The van der Waals surface area contributed by atoms with Gasteiger partial charge in [-0.05, 0) is 148 Å². The van der Waals surface area contributed by atoms with Crippen LogP contribution >= 0.6 is 0 Å². The molecule has 11 rings (SSSR count). The third-order valence-electron chi connectivity index (χ3n) is 23.4. The van der Waals surface area contributed by atoms with E-state index in [-0.39, 0.29) is 39.0 Å². The Labute approximate surface area is 451 Å². The number of carboxylic acids is 3. The van der Waals surface area contributed by atoms with E-state index in [2.05, 4.69) is 32.6 Å². The number of carbonyl (C=O) groups is 5. The molecule has 0 aromatic rings. The Morgan fingerprint density at radius 2 is 1.35 bits per heavy atom. The van der Waals surface area contributed by atoms with Crippen LogP contribution in [0, 0.1) is 67.3 Å². The van der Waals surface area contributed by atoms with E-state index in [1.165, 1.54) is 12.8 Å². The second-order valence-corrected chi connectivity index (χ2v) is 27.7. The molecule has 5 aliphatic carbocycles. The first-order valence-electron chi connectivity index (χ1n) is 28.8. The standard InChI is InChI=1S/C42H62O16.C15H24N2O2/c1-37(2)21-8-11-42(7)31(20(43)16-18-19-17-39(4,36(53)54)13-12-38(19,3)14-15-41(18,42)6)40(21,5)10-9-22(37)55-35-30(26(47)25(46)29(57-35)33(51)52)58-34-27(48)23(44)24(45)28(56-34)32(49)50;18-14-7-1-6-13-12-5-3-9-17(19)8-2-4-11(15(12)17)10-16(13)14/h16,19,21-31,34-35,44-48H,8-15,17H2,1-7H3,(H,49,50)(H,51,52)(H,53,54);11-13,15H,1-10H2/t19-,21-,22-,23-,24-,25-,26-,27+,28-,29-,30+,31+,34-,35-,38+,39-,40-,41+,42+;11-,12+,13+,15-,17+/m00/s1. The van der Waals surface area contributed by atoms with Crippen molar-refractivity contribution in [1.82, 2.24) is 4.90 Å². The molecule has 4 saturated carbocycles. The van der Waals surface area contributed by atoms with Gasteiger partial charge in [-0.25, -0.2) is 9.59 Å². The highest BCUT2D eigenvalue weighted by atomic mass is 16.8. The Morgan fingerprint density at radius 1 is 0.714 bits per heavy atom. The minimum atomic E-state index is -2.05. The summed E-state index contributed by atoms with van der Waals surface area (Å²) in [5, 5.41) is 96.1. The molecule has 20 heteroatoms. The monoisotopic (exact) mass is 1090 g/mol. The fourth-order valence-electron chi connectivity index (χ4n) is 18.9. The molecule has 8 N–H and O–H groups in total. The van der Waals surface area contributed by atoms with Crippen LogP contribution in [0.4, 0.5) is 0 Å². The van der Waals surface area contributed by atoms with E-state index in [0.29, 0.717) is 55.5 Å². The molecule has 432 valence electrons. The molecule has 6 aliphatic heterocycles. The van der Waals surface area contributed by atoms with Gasteiger partial charge in [0.15, 0.2) is 30.6 Å². The minimum absolute atomic E-state index is 0.0217. The summed E-state index contributed by atoms with van der Waals surface area (Å²) in [5.74, 6) is -3.14. The van der Waals surface area contributed by atoms with Crippen LogP contribution in [0.5, 0.6) is 0 Å². The number of hydrogen-bond acceptors (Lipinski definition) is 15. The maximum Gasteiger partial charge on any atom is 0.335 e. The summed E-state index contributed by atoms with van der Waals surface area (Å²) < 4.78 is 23.5. The number of amides is 1. The predicted molar refractivity (Wildman–Crippen MR) is 271 cm³/mol. The van der Waals surface area contributed by atoms with Crippen molar-refractivity contribution >= 4 is 29.6 Å². The normalized spacial score (nSPS) is 51.8. The van der Waals surface area contributed by atoms with Gasteiger partial charge < -0.3 is 74.6 Å². The number of ketones is 1. The van der Waals surface area contributed by atoms with E-state index >= 15 is 0 Å². The van der Waals surface area contributed by atoms with Crippen molar-refractivity contribution in [2.24, 2.45) is 62.1 Å². The van der Waals surface area contributed by atoms with Crippen LogP contribution in [0.25, 0.3) is 0 Å². The Kier molecular flexibility index (Phi) is 14.7. The zero-order valence-electron chi connectivity index (χ0n) is 46.0. The maximum atomic E-state index is 14.8. The number of nitrogens with zero attached hydrogens (tertiary/aromatic N) is 2. The number of hydroxylamine groups is 3. The van der Waals surface area contributed by atoms with Crippen molar-refractivity contribution in [3.8, 4) is 0 Å². The number of aliphatic hydroxyl groups excluding tert-OH is 5. The van der Waals surface area contributed by atoms with Crippen molar-refractivity contribution in [1.29, 1.82) is 0 Å². The maximum absolute atomic E-state index is 14.8. The van der Waals surface area contributed by atoms with Crippen LogP contribution in [0.15, 0.2) is 11.6 Å². The van der Waals surface area contributed by atoms with Gasteiger partial charge in [0.2, 0.25) is 5.91 Å². The molecule has 6 heterocycles. The third kappa shape index (κ3) is 8.89. The first-order chi connectivity index (χ1) is 36.0. The minimum Gasteiger partial charge on any atom is -0.633 e. The quantitative estimate of drug-likeness (QED) is 0.101. The number of quaternary nitrogens is 1. The zero-order valence-corrected chi connectivity index (χ0v) is 46.0. The molecule has 20 nitrogen and oxygen atoms in total. The van der Waals surface area contributed by atoms with Crippen LogP contribution < -0.4 is 0 Å². The first-order valence-corrected chi connectivity index (χ1v) is 28.8. The molecule has 24 atom stereocenters. The fraction of sp³-hybridized carbons (Fsp3) is 0.877. The molecule has 77 heavy (non-hydrogen) atoms. The lowest BCUT2D eigenvalue weighted by molar-refractivity contribution is -0.925.